The molecule has 4 nitrogen and oxygen atoms in total. The van der Waals surface area contributed by atoms with E-state index in [0.29, 0.717) is 11.8 Å². The van der Waals surface area contributed by atoms with E-state index in [1.165, 1.54) is 5.46 Å². The summed E-state index contributed by atoms with van der Waals surface area (Å²) in [5.41, 5.74) is 5.26. The van der Waals surface area contributed by atoms with E-state index in [1.54, 1.807) is 7.11 Å². The molecule has 0 amide bonds. The molecule has 0 aliphatic heterocycles. The van der Waals surface area contributed by atoms with Gasteiger partial charge in [-0.05, 0) is 23.5 Å². The third-order valence-electron chi connectivity index (χ3n) is 3.83. The zero-order valence-corrected chi connectivity index (χ0v) is 14.3. The van der Waals surface area contributed by atoms with Gasteiger partial charge in [-0.15, -0.1) is 0 Å². The Bertz CT molecular complexity index is 675. The van der Waals surface area contributed by atoms with Crippen molar-refractivity contribution in [3.8, 4) is 17.1 Å². The Morgan fingerprint density at radius 2 is 2.00 bits per heavy atom. The number of methoxy groups -OCH3 is 1. The Kier molecular flexibility index (Phi) is 5.11. The minimum Gasteiger partial charge on any atom is -0.480 e. The van der Waals surface area contributed by atoms with Gasteiger partial charge in [0.05, 0.1) is 18.4 Å². The molecular formula is C16H23B2N3O. The number of aromatic nitrogens is 2. The van der Waals surface area contributed by atoms with Crippen LogP contribution in [0.1, 0.15) is 25.5 Å². The van der Waals surface area contributed by atoms with Gasteiger partial charge in [-0.3, -0.25) is 0 Å². The van der Waals surface area contributed by atoms with Gasteiger partial charge in [-0.25, -0.2) is 9.97 Å². The highest BCUT2D eigenvalue weighted by atomic mass is 16.5. The third kappa shape index (κ3) is 3.11. The molecule has 2 rings (SSSR count). The van der Waals surface area contributed by atoms with E-state index < -0.39 is 0 Å². The normalized spacial score (nSPS) is 10.6. The topological polar surface area (TPSA) is 47.0 Å². The Morgan fingerprint density at radius 3 is 2.55 bits per heavy atom. The second-order valence-electron chi connectivity index (χ2n) is 5.71. The Balaban J connectivity index is 2.64. The zero-order valence-electron chi connectivity index (χ0n) is 14.3. The summed E-state index contributed by atoms with van der Waals surface area (Å²) in [6.07, 6.45) is 0. The Labute approximate surface area is 134 Å². The van der Waals surface area contributed by atoms with E-state index in [1.807, 2.05) is 7.05 Å². The number of anilines is 1. The number of nitrogens with one attached hydrogen (secondary N) is 1. The number of hydrogen-bond donors (Lipinski definition) is 1. The molecule has 2 aromatic rings. The average molecular weight is 295 g/mol. The van der Waals surface area contributed by atoms with Gasteiger partial charge >= 0.3 is 0 Å². The van der Waals surface area contributed by atoms with Crippen LogP contribution >= 0.6 is 0 Å². The van der Waals surface area contributed by atoms with Crippen LogP contribution in [0.3, 0.4) is 0 Å². The maximum atomic E-state index is 5.52. The van der Waals surface area contributed by atoms with Crippen molar-refractivity contribution in [1.82, 2.24) is 9.97 Å². The molecule has 0 bridgehead atoms. The summed E-state index contributed by atoms with van der Waals surface area (Å²) in [7, 11) is 6.54. The molecule has 22 heavy (non-hydrogen) atoms. The predicted octanol–water partition coefficient (Wildman–Crippen LogP) is 0.686. The van der Waals surface area contributed by atoms with E-state index in [9.17, 15) is 0 Å². The van der Waals surface area contributed by atoms with Crippen LogP contribution in [-0.4, -0.2) is 39.3 Å². The monoisotopic (exact) mass is 295 g/mol. The summed E-state index contributed by atoms with van der Waals surface area (Å²) in [5, 5.41) is 3.15. The number of ether oxygens (including phenoxy) is 1. The van der Waals surface area contributed by atoms with Gasteiger partial charge in [-0.2, -0.15) is 0 Å². The highest BCUT2D eigenvalue weighted by Crippen LogP contribution is 2.28. The SMILES string of the molecule is Bc1cc(BC)c(-c2ccc(C(C)C)nc2OC)nc1NC. The standard InChI is InChI=1S/C16H23B2N3O/c1-9(2)13-7-6-10(16(20-13)22-5)14-12(18-3)8-11(17)15(19-4)21-14/h6-9,18H,17H2,1-5H3,(H,19,21). The van der Waals surface area contributed by atoms with Crippen molar-refractivity contribution < 1.29 is 4.74 Å². The summed E-state index contributed by atoms with van der Waals surface area (Å²) >= 11 is 0. The molecule has 0 radical (unpaired) electrons. The lowest BCUT2D eigenvalue weighted by Gasteiger charge is -2.16. The quantitative estimate of drug-likeness (QED) is 0.824. The van der Waals surface area contributed by atoms with E-state index in [-0.39, 0.29) is 0 Å². The fraction of sp³-hybridized carbons (Fsp3) is 0.375. The first-order valence-electron chi connectivity index (χ1n) is 7.75. The molecule has 1 N–H and O–H groups in total. The molecule has 0 aromatic carbocycles. The molecule has 0 atom stereocenters. The fourth-order valence-corrected chi connectivity index (χ4v) is 2.54. The van der Waals surface area contributed by atoms with Crippen molar-refractivity contribution in [1.29, 1.82) is 0 Å². The lowest BCUT2D eigenvalue weighted by Crippen LogP contribution is -2.25. The van der Waals surface area contributed by atoms with Crippen LogP contribution in [0.25, 0.3) is 11.3 Å². The summed E-state index contributed by atoms with van der Waals surface area (Å²) in [5.74, 6) is 1.90. The van der Waals surface area contributed by atoms with Crippen molar-refractivity contribution in [2.75, 3.05) is 19.5 Å². The average Bonchev–Trinajstić information content (AvgIpc) is 2.53. The molecule has 0 aliphatic carbocycles. The molecule has 0 spiro atoms. The summed E-state index contributed by atoms with van der Waals surface area (Å²) in [6.45, 7) is 6.39. The largest absolute Gasteiger partial charge is 0.480 e. The number of rotatable bonds is 5. The predicted molar refractivity (Wildman–Crippen MR) is 98.5 cm³/mol. The van der Waals surface area contributed by atoms with Gasteiger partial charge in [0.2, 0.25) is 5.88 Å². The molecule has 0 saturated heterocycles. The fourth-order valence-electron chi connectivity index (χ4n) is 2.54. The first kappa shape index (κ1) is 16.4. The minimum absolute atomic E-state index is 0.368. The minimum atomic E-state index is 0.368. The van der Waals surface area contributed by atoms with Gasteiger partial charge in [-0.1, -0.05) is 32.2 Å². The van der Waals surface area contributed by atoms with Gasteiger partial charge in [0, 0.05) is 12.7 Å². The molecule has 0 saturated carbocycles. The molecule has 6 heteroatoms. The first-order valence-corrected chi connectivity index (χ1v) is 7.75. The summed E-state index contributed by atoms with van der Waals surface area (Å²) in [4.78, 5) is 9.42. The maximum absolute atomic E-state index is 5.52. The van der Waals surface area contributed by atoms with Crippen molar-refractivity contribution >= 4 is 31.9 Å². The van der Waals surface area contributed by atoms with Crippen LogP contribution in [-0.2, 0) is 0 Å². The number of pyridine rings is 2. The highest BCUT2D eigenvalue weighted by Gasteiger charge is 2.16. The Morgan fingerprint density at radius 1 is 1.27 bits per heavy atom. The Hall–Kier alpha value is -1.97. The van der Waals surface area contributed by atoms with Crippen molar-refractivity contribution in [3.63, 3.8) is 0 Å². The number of nitrogens with zero attached hydrogens (tertiary/aromatic N) is 2. The van der Waals surface area contributed by atoms with Crippen LogP contribution in [0.2, 0.25) is 6.82 Å². The van der Waals surface area contributed by atoms with Crippen molar-refractivity contribution in [3.05, 3.63) is 23.9 Å². The molecule has 2 heterocycles. The van der Waals surface area contributed by atoms with Crippen molar-refractivity contribution in [2.45, 2.75) is 26.6 Å². The molecular weight excluding hydrogens is 272 g/mol. The van der Waals surface area contributed by atoms with Crippen LogP contribution in [0.5, 0.6) is 5.88 Å². The van der Waals surface area contributed by atoms with Crippen molar-refractivity contribution in [2.24, 2.45) is 0 Å². The second-order valence-corrected chi connectivity index (χ2v) is 5.71. The van der Waals surface area contributed by atoms with Crippen LogP contribution in [0, 0.1) is 0 Å². The first-order chi connectivity index (χ1) is 10.5. The van der Waals surface area contributed by atoms with E-state index in [2.05, 4.69) is 57.0 Å². The van der Waals surface area contributed by atoms with E-state index in [4.69, 9.17) is 9.72 Å². The molecule has 0 unspecified atom stereocenters. The lowest BCUT2D eigenvalue weighted by atomic mass is 9.70. The summed E-state index contributed by atoms with van der Waals surface area (Å²) < 4.78 is 5.52. The highest BCUT2D eigenvalue weighted by molar-refractivity contribution is 6.55. The molecule has 2 aromatic heterocycles. The smallest absolute Gasteiger partial charge is 0.222 e. The van der Waals surface area contributed by atoms with E-state index >= 15 is 0 Å². The van der Waals surface area contributed by atoms with Crippen LogP contribution < -0.4 is 21.0 Å². The molecule has 0 fully saturated rings. The van der Waals surface area contributed by atoms with Gasteiger partial charge in [0.1, 0.15) is 13.7 Å². The molecule has 114 valence electrons. The zero-order chi connectivity index (χ0) is 16.3. The van der Waals surface area contributed by atoms with Gasteiger partial charge < -0.3 is 10.1 Å². The number of hydrogen-bond acceptors (Lipinski definition) is 4. The van der Waals surface area contributed by atoms with Crippen LogP contribution in [0.15, 0.2) is 18.2 Å². The van der Waals surface area contributed by atoms with Gasteiger partial charge in [0.25, 0.3) is 0 Å². The summed E-state index contributed by atoms with van der Waals surface area (Å²) in [6, 6.07) is 6.31. The third-order valence-corrected chi connectivity index (χ3v) is 3.83. The van der Waals surface area contributed by atoms with E-state index in [0.717, 1.165) is 35.5 Å². The second kappa shape index (κ2) is 6.86. The van der Waals surface area contributed by atoms with Gasteiger partial charge in [0.15, 0.2) is 7.28 Å². The molecule has 0 aliphatic rings. The van der Waals surface area contributed by atoms with Crippen LogP contribution in [0.4, 0.5) is 5.82 Å². The maximum Gasteiger partial charge on any atom is 0.222 e. The lowest BCUT2D eigenvalue weighted by molar-refractivity contribution is 0.397.